The summed E-state index contributed by atoms with van der Waals surface area (Å²) in [5.41, 5.74) is -0.722. The van der Waals surface area contributed by atoms with Crippen LogP contribution in [0.2, 0.25) is 5.02 Å². The lowest BCUT2D eigenvalue weighted by atomic mass is 10.2. The van der Waals surface area contributed by atoms with Gasteiger partial charge in [0.2, 0.25) is 0 Å². The van der Waals surface area contributed by atoms with Crippen LogP contribution in [0.15, 0.2) is 16.6 Å². The van der Waals surface area contributed by atoms with Gasteiger partial charge in [-0.05, 0) is 42.8 Å². The second kappa shape index (κ2) is 8.00. The molecule has 1 fully saturated rings. The summed E-state index contributed by atoms with van der Waals surface area (Å²) in [6, 6.07) is 1.87. The molecule has 0 radical (unpaired) electrons. The highest BCUT2D eigenvalue weighted by Gasteiger charge is 2.43. The molecule has 0 aromatic heterocycles. The van der Waals surface area contributed by atoms with E-state index < -0.39 is 35.6 Å². The second-order valence-corrected chi connectivity index (χ2v) is 8.14. The first-order valence-corrected chi connectivity index (χ1v) is 9.07. The van der Waals surface area contributed by atoms with Crippen LogP contribution in [0.4, 0.5) is 9.18 Å². The Kier molecular flexibility index (Phi) is 6.39. The normalized spacial score (nSPS) is 20.0. The number of hydrogen-bond acceptors (Lipinski definition) is 5. The fourth-order valence-electron chi connectivity index (χ4n) is 2.56. The molecule has 0 bridgehead atoms. The van der Waals surface area contributed by atoms with Gasteiger partial charge in [-0.25, -0.2) is 14.0 Å². The Labute approximate surface area is 164 Å². The van der Waals surface area contributed by atoms with Crippen LogP contribution in [0.5, 0.6) is 5.75 Å². The molecule has 1 aromatic rings. The first-order chi connectivity index (χ1) is 12.0. The van der Waals surface area contributed by atoms with Gasteiger partial charge in [-0.3, -0.25) is 4.90 Å². The zero-order valence-corrected chi connectivity index (χ0v) is 17.2. The molecule has 1 aliphatic heterocycles. The summed E-state index contributed by atoms with van der Waals surface area (Å²) < 4.78 is 30.1. The number of halogens is 3. The van der Waals surface area contributed by atoms with Crippen molar-refractivity contribution in [1.82, 2.24) is 4.90 Å². The Morgan fingerprint density at radius 1 is 1.35 bits per heavy atom. The molecular formula is C17H20BrClFNO5. The number of carbonyl (C=O) groups is 2. The second-order valence-electron chi connectivity index (χ2n) is 6.85. The van der Waals surface area contributed by atoms with Gasteiger partial charge >= 0.3 is 12.1 Å². The number of esters is 1. The van der Waals surface area contributed by atoms with E-state index in [0.29, 0.717) is 5.02 Å². The third-order valence-electron chi connectivity index (χ3n) is 3.62. The molecule has 1 heterocycles. The average molecular weight is 453 g/mol. The van der Waals surface area contributed by atoms with Crippen molar-refractivity contribution >= 4 is 39.6 Å². The smallest absolute Gasteiger partial charge is 0.411 e. The molecule has 1 aliphatic rings. The Hall–Kier alpha value is -1.54. The van der Waals surface area contributed by atoms with E-state index >= 15 is 0 Å². The number of rotatable bonds is 3. The van der Waals surface area contributed by atoms with E-state index in [2.05, 4.69) is 15.9 Å². The number of amides is 1. The van der Waals surface area contributed by atoms with Crippen molar-refractivity contribution in [2.45, 2.75) is 44.9 Å². The van der Waals surface area contributed by atoms with Gasteiger partial charge in [0.25, 0.3) is 0 Å². The molecule has 0 aliphatic carbocycles. The number of methoxy groups -OCH3 is 1. The van der Waals surface area contributed by atoms with Gasteiger partial charge in [0.05, 0.1) is 18.1 Å². The summed E-state index contributed by atoms with van der Waals surface area (Å²) in [6.45, 7) is 5.22. The zero-order valence-electron chi connectivity index (χ0n) is 14.8. The van der Waals surface area contributed by atoms with Crippen molar-refractivity contribution in [2.24, 2.45) is 0 Å². The van der Waals surface area contributed by atoms with Crippen LogP contribution >= 0.6 is 27.5 Å². The van der Waals surface area contributed by atoms with Crippen LogP contribution in [0.25, 0.3) is 0 Å². The van der Waals surface area contributed by atoms with Crippen LogP contribution < -0.4 is 4.74 Å². The van der Waals surface area contributed by atoms with Gasteiger partial charge in [0.15, 0.2) is 11.6 Å². The van der Waals surface area contributed by atoms with E-state index in [-0.39, 0.29) is 23.2 Å². The van der Waals surface area contributed by atoms with Gasteiger partial charge in [0.1, 0.15) is 17.7 Å². The van der Waals surface area contributed by atoms with Crippen LogP contribution in [0, 0.1) is 5.82 Å². The van der Waals surface area contributed by atoms with E-state index in [4.69, 9.17) is 25.8 Å². The predicted molar refractivity (Wildman–Crippen MR) is 96.9 cm³/mol. The van der Waals surface area contributed by atoms with Crippen molar-refractivity contribution < 1.29 is 28.2 Å². The number of likely N-dealkylation sites (tertiary alicyclic amines) is 1. The third-order valence-corrected chi connectivity index (χ3v) is 4.41. The largest absolute Gasteiger partial charge is 0.485 e. The summed E-state index contributed by atoms with van der Waals surface area (Å²) in [7, 11) is 1.23. The van der Waals surface area contributed by atoms with Crippen molar-refractivity contribution in [2.75, 3.05) is 13.7 Å². The molecule has 6 nitrogen and oxygen atoms in total. The number of benzene rings is 1. The number of ether oxygens (including phenoxy) is 3. The SMILES string of the molecule is COC(=O)C1CC(Oc2cc(Cl)cc(Br)c2F)CN1C(=O)OC(C)(C)C. The van der Waals surface area contributed by atoms with Crippen molar-refractivity contribution in [3.63, 3.8) is 0 Å². The number of hydrogen-bond donors (Lipinski definition) is 0. The van der Waals surface area contributed by atoms with E-state index in [1.807, 2.05) is 0 Å². The molecule has 0 saturated carbocycles. The Bertz CT molecular complexity index is 709. The van der Waals surface area contributed by atoms with E-state index in [9.17, 15) is 14.0 Å². The van der Waals surface area contributed by atoms with E-state index in [0.717, 1.165) is 0 Å². The van der Waals surface area contributed by atoms with Gasteiger partial charge in [-0.2, -0.15) is 0 Å². The zero-order chi connectivity index (χ0) is 19.6. The molecule has 2 unspecified atom stereocenters. The lowest BCUT2D eigenvalue weighted by molar-refractivity contribution is -0.145. The third kappa shape index (κ3) is 5.01. The first kappa shape index (κ1) is 20.8. The molecule has 2 rings (SSSR count). The molecule has 9 heteroatoms. The molecule has 0 spiro atoms. The first-order valence-electron chi connectivity index (χ1n) is 7.90. The summed E-state index contributed by atoms with van der Waals surface area (Å²) in [5, 5.41) is 0.291. The van der Waals surface area contributed by atoms with Crippen molar-refractivity contribution in [3.05, 3.63) is 27.4 Å². The minimum Gasteiger partial charge on any atom is -0.485 e. The molecule has 26 heavy (non-hydrogen) atoms. The monoisotopic (exact) mass is 451 g/mol. The van der Waals surface area contributed by atoms with Crippen molar-refractivity contribution in [1.29, 1.82) is 0 Å². The maximum absolute atomic E-state index is 14.2. The number of nitrogens with zero attached hydrogens (tertiary/aromatic N) is 1. The fraction of sp³-hybridized carbons (Fsp3) is 0.529. The van der Waals surface area contributed by atoms with Crippen LogP contribution in [0.3, 0.4) is 0 Å². The fourth-order valence-corrected chi connectivity index (χ4v) is 3.34. The van der Waals surface area contributed by atoms with Gasteiger partial charge < -0.3 is 14.2 Å². The van der Waals surface area contributed by atoms with Crippen LogP contribution in [-0.4, -0.2) is 48.4 Å². The lowest BCUT2D eigenvalue weighted by Crippen LogP contribution is -2.44. The molecule has 2 atom stereocenters. The van der Waals surface area contributed by atoms with Crippen molar-refractivity contribution in [3.8, 4) is 5.75 Å². The highest BCUT2D eigenvalue weighted by molar-refractivity contribution is 9.10. The summed E-state index contributed by atoms with van der Waals surface area (Å²) in [5.74, 6) is -1.27. The number of carbonyl (C=O) groups excluding carboxylic acids is 2. The van der Waals surface area contributed by atoms with Crippen LogP contribution in [0.1, 0.15) is 27.2 Å². The highest BCUT2D eigenvalue weighted by atomic mass is 79.9. The maximum Gasteiger partial charge on any atom is 0.411 e. The average Bonchev–Trinajstić information content (AvgIpc) is 2.93. The van der Waals surface area contributed by atoms with Gasteiger partial charge in [-0.15, -0.1) is 0 Å². The minimum absolute atomic E-state index is 0.0538. The molecule has 1 aromatic carbocycles. The highest BCUT2D eigenvalue weighted by Crippen LogP contribution is 2.32. The van der Waals surface area contributed by atoms with Gasteiger partial charge in [0, 0.05) is 17.5 Å². The standard InChI is InChI=1S/C17H20BrClFNO5/c1-17(2,3)26-16(23)21-8-10(7-12(21)15(22)24-4)25-13-6-9(19)5-11(18)14(13)20/h5-6,10,12H,7-8H2,1-4H3. The van der Waals surface area contributed by atoms with E-state index in [1.54, 1.807) is 20.8 Å². The lowest BCUT2D eigenvalue weighted by Gasteiger charge is -2.27. The molecular weight excluding hydrogens is 433 g/mol. The topological polar surface area (TPSA) is 65.1 Å². The summed E-state index contributed by atoms with van der Waals surface area (Å²) in [4.78, 5) is 25.7. The quantitative estimate of drug-likeness (QED) is 0.509. The summed E-state index contributed by atoms with van der Waals surface area (Å²) >= 11 is 8.99. The Balaban J connectivity index is 2.20. The molecule has 1 amide bonds. The maximum atomic E-state index is 14.2. The van der Waals surface area contributed by atoms with E-state index in [1.165, 1.54) is 24.1 Å². The van der Waals surface area contributed by atoms with Gasteiger partial charge in [-0.1, -0.05) is 11.6 Å². The minimum atomic E-state index is -0.870. The Morgan fingerprint density at radius 2 is 2.00 bits per heavy atom. The molecule has 0 N–H and O–H groups in total. The predicted octanol–water partition coefficient (Wildman–Crippen LogP) is 4.17. The summed E-state index contributed by atoms with van der Waals surface area (Å²) in [6.07, 6.45) is -1.13. The molecule has 1 saturated heterocycles. The van der Waals surface area contributed by atoms with Crippen LogP contribution in [-0.2, 0) is 14.3 Å². The molecule has 144 valence electrons. The Morgan fingerprint density at radius 3 is 2.58 bits per heavy atom.